The van der Waals surface area contributed by atoms with Crippen LogP contribution in [-0.4, -0.2) is 18.6 Å². The Morgan fingerprint density at radius 3 is 2.43 bits per heavy atom. The lowest BCUT2D eigenvalue weighted by Crippen LogP contribution is -2.04. The molecular weight excluding hydrogens is 270 g/mol. The topological polar surface area (TPSA) is 76.4 Å². The average Bonchev–Trinajstić information content (AvgIpc) is 2.48. The van der Waals surface area contributed by atoms with Crippen molar-refractivity contribution in [1.29, 1.82) is 0 Å². The zero-order chi connectivity index (χ0) is 15.2. The second-order valence-corrected chi connectivity index (χ2v) is 4.31. The van der Waals surface area contributed by atoms with Gasteiger partial charge >= 0.3 is 5.69 Å². The molecule has 0 unspecified atom stereocenters. The van der Waals surface area contributed by atoms with E-state index in [0.29, 0.717) is 29.4 Å². The number of anilines is 3. The highest BCUT2D eigenvalue weighted by Crippen LogP contribution is 2.36. The van der Waals surface area contributed by atoms with Crippen molar-refractivity contribution in [2.45, 2.75) is 6.92 Å². The average molecular weight is 287 g/mol. The number of nitrogens with one attached hydrogen (secondary N) is 2. The van der Waals surface area contributed by atoms with E-state index in [4.69, 9.17) is 4.74 Å². The van der Waals surface area contributed by atoms with Gasteiger partial charge in [-0.05, 0) is 31.2 Å². The number of para-hydroxylation sites is 3. The Balaban J connectivity index is 2.44. The Hall–Kier alpha value is -2.76. The van der Waals surface area contributed by atoms with Gasteiger partial charge < -0.3 is 15.4 Å². The van der Waals surface area contributed by atoms with Gasteiger partial charge in [0.2, 0.25) is 0 Å². The fourth-order valence-electron chi connectivity index (χ4n) is 2.07. The third-order valence-electron chi connectivity index (χ3n) is 2.96. The van der Waals surface area contributed by atoms with Crippen LogP contribution in [0.15, 0.2) is 42.5 Å². The Bertz CT molecular complexity index is 644. The van der Waals surface area contributed by atoms with Crippen LogP contribution >= 0.6 is 0 Å². The molecule has 0 saturated heterocycles. The van der Waals surface area contributed by atoms with Crippen molar-refractivity contribution >= 4 is 22.7 Å². The lowest BCUT2D eigenvalue weighted by atomic mass is 10.2. The summed E-state index contributed by atoms with van der Waals surface area (Å²) in [5.41, 5.74) is 1.60. The fraction of sp³-hybridized carbons (Fsp3) is 0.200. The van der Waals surface area contributed by atoms with Crippen molar-refractivity contribution in [3.8, 4) is 5.75 Å². The highest BCUT2D eigenvalue weighted by atomic mass is 16.6. The molecule has 2 aromatic carbocycles. The predicted octanol–water partition coefficient (Wildman–Crippen LogP) is 3.78. The summed E-state index contributed by atoms with van der Waals surface area (Å²) in [6.45, 7) is 2.50. The van der Waals surface area contributed by atoms with Crippen LogP contribution in [0.2, 0.25) is 0 Å². The highest BCUT2D eigenvalue weighted by molar-refractivity contribution is 5.81. The quantitative estimate of drug-likeness (QED) is 0.624. The summed E-state index contributed by atoms with van der Waals surface area (Å²) in [5, 5.41) is 17.4. The molecule has 0 atom stereocenters. The number of rotatable bonds is 6. The molecule has 0 heterocycles. The van der Waals surface area contributed by atoms with Gasteiger partial charge in [-0.3, -0.25) is 10.1 Å². The van der Waals surface area contributed by atoms with Crippen LogP contribution in [0.4, 0.5) is 22.7 Å². The van der Waals surface area contributed by atoms with Gasteiger partial charge in [0, 0.05) is 6.54 Å². The van der Waals surface area contributed by atoms with E-state index in [1.165, 1.54) is 0 Å². The van der Waals surface area contributed by atoms with E-state index >= 15 is 0 Å². The molecule has 6 heteroatoms. The largest absolute Gasteiger partial charge is 0.495 e. The second-order valence-electron chi connectivity index (χ2n) is 4.31. The number of benzene rings is 2. The summed E-state index contributed by atoms with van der Waals surface area (Å²) in [5.74, 6) is 0.626. The predicted molar refractivity (Wildman–Crippen MR) is 83.5 cm³/mol. The number of methoxy groups -OCH3 is 1. The number of hydrogen-bond acceptors (Lipinski definition) is 5. The molecule has 0 bridgehead atoms. The number of hydrogen-bond donors (Lipinski definition) is 2. The fourth-order valence-corrected chi connectivity index (χ4v) is 2.07. The van der Waals surface area contributed by atoms with Gasteiger partial charge in [-0.25, -0.2) is 0 Å². The van der Waals surface area contributed by atoms with Crippen molar-refractivity contribution in [3.05, 3.63) is 52.6 Å². The summed E-state index contributed by atoms with van der Waals surface area (Å²) in [4.78, 5) is 11.0. The molecule has 0 amide bonds. The maximum Gasteiger partial charge on any atom is 0.315 e. The molecule has 0 spiro atoms. The van der Waals surface area contributed by atoms with E-state index in [2.05, 4.69) is 10.6 Å². The van der Waals surface area contributed by atoms with Crippen molar-refractivity contribution in [2.24, 2.45) is 0 Å². The normalized spacial score (nSPS) is 10.0. The molecule has 0 fully saturated rings. The van der Waals surface area contributed by atoms with E-state index in [9.17, 15) is 10.1 Å². The number of nitro groups is 1. The van der Waals surface area contributed by atoms with Crippen LogP contribution in [0.1, 0.15) is 6.92 Å². The van der Waals surface area contributed by atoms with Crippen LogP contribution in [0.5, 0.6) is 5.75 Å². The van der Waals surface area contributed by atoms with Crippen LogP contribution in [0, 0.1) is 10.1 Å². The van der Waals surface area contributed by atoms with Crippen molar-refractivity contribution in [1.82, 2.24) is 0 Å². The molecule has 21 heavy (non-hydrogen) atoms. The third kappa shape index (κ3) is 3.22. The van der Waals surface area contributed by atoms with E-state index in [0.717, 1.165) is 0 Å². The molecule has 0 aliphatic carbocycles. The van der Waals surface area contributed by atoms with E-state index in [1.807, 2.05) is 25.1 Å². The molecule has 0 aliphatic heterocycles. The van der Waals surface area contributed by atoms with Crippen LogP contribution in [0.3, 0.4) is 0 Å². The zero-order valence-corrected chi connectivity index (χ0v) is 11.9. The first-order chi connectivity index (χ1) is 10.2. The first-order valence-electron chi connectivity index (χ1n) is 6.58. The van der Waals surface area contributed by atoms with E-state index in [1.54, 1.807) is 31.4 Å². The van der Waals surface area contributed by atoms with Crippen molar-refractivity contribution in [3.63, 3.8) is 0 Å². The highest BCUT2D eigenvalue weighted by Gasteiger charge is 2.20. The summed E-state index contributed by atoms with van der Waals surface area (Å²) < 4.78 is 5.25. The van der Waals surface area contributed by atoms with Crippen molar-refractivity contribution < 1.29 is 9.66 Å². The summed E-state index contributed by atoms with van der Waals surface area (Å²) in [6.07, 6.45) is 0. The van der Waals surface area contributed by atoms with Gasteiger partial charge in [0.15, 0.2) is 0 Å². The Morgan fingerprint density at radius 2 is 1.76 bits per heavy atom. The maximum atomic E-state index is 11.4. The molecule has 0 radical (unpaired) electrons. The smallest absolute Gasteiger partial charge is 0.315 e. The van der Waals surface area contributed by atoms with Crippen LogP contribution in [-0.2, 0) is 0 Å². The van der Waals surface area contributed by atoms with E-state index in [-0.39, 0.29) is 5.69 Å². The monoisotopic (exact) mass is 287 g/mol. The first-order valence-corrected chi connectivity index (χ1v) is 6.58. The van der Waals surface area contributed by atoms with Gasteiger partial charge in [-0.2, -0.15) is 0 Å². The summed E-state index contributed by atoms with van der Waals surface area (Å²) in [7, 11) is 1.56. The second kappa shape index (κ2) is 6.60. The molecule has 0 saturated carbocycles. The lowest BCUT2D eigenvalue weighted by molar-refractivity contribution is -0.383. The van der Waals surface area contributed by atoms with Gasteiger partial charge in [0.05, 0.1) is 17.7 Å². The van der Waals surface area contributed by atoms with Gasteiger partial charge in [0.1, 0.15) is 17.1 Å². The van der Waals surface area contributed by atoms with Gasteiger partial charge in [-0.15, -0.1) is 0 Å². The molecule has 0 aromatic heterocycles. The van der Waals surface area contributed by atoms with E-state index < -0.39 is 4.92 Å². The molecule has 110 valence electrons. The lowest BCUT2D eigenvalue weighted by Gasteiger charge is -2.13. The molecule has 0 aliphatic rings. The molecule has 2 rings (SSSR count). The minimum atomic E-state index is -0.393. The Labute approximate surface area is 122 Å². The molecule has 2 N–H and O–H groups in total. The molecular formula is C15H17N3O3. The molecule has 6 nitrogen and oxygen atoms in total. The maximum absolute atomic E-state index is 11.4. The van der Waals surface area contributed by atoms with Crippen LogP contribution in [0.25, 0.3) is 0 Å². The van der Waals surface area contributed by atoms with Gasteiger partial charge in [-0.1, -0.05) is 18.2 Å². The number of nitrogens with zero attached hydrogens (tertiary/aromatic N) is 1. The first kappa shape index (κ1) is 14.6. The SMILES string of the molecule is CCNc1cccc(Nc2ccccc2OC)c1[N+](=O)[O-]. The minimum Gasteiger partial charge on any atom is -0.495 e. The number of ether oxygens (including phenoxy) is 1. The van der Waals surface area contributed by atoms with Crippen LogP contribution < -0.4 is 15.4 Å². The van der Waals surface area contributed by atoms with Gasteiger partial charge in [0.25, 0.3) is 0 Å². The third-order valence-corrected chi connectivity index (χ3v) is 2.96. The zero-order valence-electron chi connectivity index (χ0n) is 11.9. The summed E-state index contributed by atoms with van der Waals surface area (Å²) in [6, 6.07) is 12.4. The minimum absolute atomic E-state index is 0.0188. The Morgan fingerprint density at radius 1 is 1.10 bits per heavy atom. The number of nitro benzene ring substituents is 1. The Kier molecular flexibility index (Phi) is 4.61. The summed E-state index contributed by atoms with van der Waals surface area (Å²) >= 11 is 0. The standard InChI is InChI=1S/C15H17N3O3/c1-3-16-12-8-6-9-13(15(12)18(19)20)17-11-7-4-5-10-14(11)21-2/h4-10,16-17H,3H2,1-2H3. The van der Waals surface area contributed by atoms with Crippen molar-refractivity contribution in [2.75, 3.05) is 24.3 Å². The molecule has 2 aromatic rings.